The molecule has 2 heterocycles. The topological polar surface area (TPSA) is 111 Å². The van der Waals surface area contributed by atoms with Crippen LogP contribution in [-0.2, 0) is 4.79 Å². The molecule has 0 bridgehead atoms. The molecule has 3 N–H and O–H groups in total. The van der Waals surface area contributed by atoms with Gasteiger partial charge in [0.15, 0.2) is 5.88 Å². The van der Waals surface area contributed by atoms with Crippen LogP contribution in [-0.4, -0.2) is 44.6 Å². The number of aromatic nitrogens is 1. The molecule has 21 heavy (non-hydrogen) atoms. The van der Waals surface area contributed by atoms with Gasteiger partial charge in [-0.15, -0.1) is 0 Å². The Morgan fingerprint density at radius 2 is 2.10 bits per heavy atom. The van der Waals surface area contributed by atoms with Crippen molar-refractivity contribution >= 4 is 11.9 Å². The van der Waals surface area contributed by atoms with Gasteiger partial charge < -0.3 is 15.1 Å². The summed E-state index contributed by atoms with van der Waals surface area (Å²) in [5, 5.41) is 18.2. The molecule has 1 aliphatic rings. The molecule has 0 spiro atoms. The van der Waals surface area contributed by atoms with Crippen molar-refractivity contribution in [3.63, 3.8) is 0 Å². The predicted octanol–water partition coefficient (Wildman–Crippen LogP) is 0.940. The Kier molecular flexibility index (Phi) is 4.62. The van der Waals surface area contributed by atoms with Crippen LogP contribution >= 0.6 is 0 Å². The van der Waals surface area contributed by atoms with E-state index in [1.165, 1.54) is 6.07 Å². The molecule has 0 aliphatic carbocycles. The number of aromatic hydroxyl groups is 1. The first-order valence-corrected chi connectivity index (χ1v) is 6.93. The van der Waals surface area contributed by atoms with Crippen molar-refractivity contribution in [3.8, 4) is 5.88 Å². The van der Waals surface area contributed by atoms with Crippen molar-refractivity contribution in [1.29, 1.82) is 0 Å². The third-order valence-electron chi connectivity index (χ3n) is 3.66. The maximum absolute atomic E-state index is 12.5. The van der Waals surface area contributed by atoms with E-state index in [2.05, 4.69) is 4.98 Å². The van der Waals surface area contributed by atoms with Gasteiger partial charge in [0, 0.05) is 31.1 Å². The minimum Gasteiger partial charge on any atom is -0.494 e. The molecule has 1 aromatic rings. The number of nitrogens with zero attached hydrogens (tertiary/aromatic N) is 1. The summed E-state index contributed by atoms with van der Waals surface area (Å²) in [6.07, 6.45) is 2.97. The van der Waals surface area contributed by atoms with Crippen molar-refractivity contribution in [1.82, 2.24) is 9.88 Å². The minimum absolute atomic E-state index is 0.00900. The van der Waals surface area contributed by atoms with E-state index in [1.54, 1.807) is 4.90 Å². The predicted molar refractivity (Wildman–Crippen MR) is 74.3 cm³/mol. The fourth-order valence-corrected chi connectivity index (χ4v) is 2.68. The molecule has 0 saturated carbocycles. The molecule has 0 aromatic carbocycles. The maximum Gasteiger partial charge on any atom is 0.303 e. The number of hydrogen-bond donors (Lipinski definition) is 3. The lowest BCUT2D eigenvalue weighted by Crippen LogP contribution is -2.44. The number of hydrogen-bond acceptors (Lipinski definition) is 4. The Morgan fingerprint density at radius 3 is 2.76 bits per heavy atom. The quantitative estimate of drug-likeness (QED) is 0.765. The molecular weight excluding hydrogens is 276 g/mol. The molecule has 1 amide bonds. The van der Waals surface area contributed by atoms with Crippen LogP contribution in [0.4, 0.5) is 0 Å². The monoisotopic (exact) mass is 294 g/mol. The average Bonchev–Trinajstić information content (AvgIpc) is 2.43. The standard InChI is InChI=1S/C14H18N2O5/c17-11-7-9(8-12(18)15-11)14(21)16-6-2-1-3-10(16)4-5-13(19)20/h7-8,10H,1-6H2,(H,19,20)(H2,15,17,18). The van der Waals surface area contributed by atoms with Crippen LogP contribution in [0, 0.1) is 0 Å². The van der Waals surface area contributed by atoms with Crippen LogP contribution in [0.3, 0.4) is 0 Å². The summed E-state index contributed by atoms with van der Waals surface area (Å²) < 4.78 is 0. The minimum atomic E-state index is -0.887. The van der Waals surface area contributed by atoms with E-state index in [0.29, 0.717) is 13.0 Å². The highest BCUT2D eigenvalue weighted by atomic mass is 16.4. The highest BCUT2D eigenvalue weighted by molar-refractivity contribution is 5.94. The molecule has 2 rings (SSSR count). The first-order valence-electron chi connectivity index (χ1n) is 6.93. The number of piperidine rings is 1. The number of carbonyl (C=O) groups excluding carboxylic acids is 1. The highest BCUT2D eigenvalue weighted by Gasteiger charge is 2.28. The van der Waals surface area contributed by atoms with Crippen LogP contribution in [0.5, 0.6) is 5.88 Å². The molecule has 114 valence electrons. The molecule has 1 aromatic heterocycles. The van der Waals surface area contributed by atoms with Crippen LogP contribution < -0.4 is 5.56 Å². The molecule has 1 unspecified atom stereocenters. The van der Waals surface area contributed by atoms with E-state index in [1.807, 2.05) is 0 Å². The number of amides is 1. The third-order valence-corrected chi connectivity index (χ3v) is 3.66. The normalized spacial score (nSPS) is 18.5. The van der Waals surface area contributed by atoms with Gasteiger partial charge >= 0.3 is 5.97 Å². The van der Waals surface area contributed by atoms with Crippen LogP contribution in [0.1, 0.15) is 42.5 Å². The molecular formula is C14H18N2O5. The Bertz CT molecular complexity index is 595. The first kappa shape index (κ1) is 15.1. The van der Waals surface area contributed by atoms with Gasteiger partial charge in [-0.05, 0) is 25.7 Å². The molecule has 1 aliphatic heterocycles. The summed E-state index contributed by atoms with van der Waals surface area (Å²) in [4.78, 5) is 38.3. The van der Waals surface area contributed by atoms with Crippen LogP contribution in [0.25, 0.3) is 0 Å². The molecule has 7 nitrogen and oxygen atoms in total. The lowest BCUT2D eigenvalue weighted by molar-refractivity contribution is -0.137. The van der Waals surface area contributed by atoms with Gasteiger partial charge in [-0.3, -0.25) is 19.4 Å². The summed E-state index contributed by atoms with van der Waals surface area (Å²) in [5.41, 5.74) is -0.420. The third kappa shape index (κ3) is 3.84. The van der Waals surface area contributed by atoms with E-state index in [-0.39, 0.29) is 29.8 Å². The van der Waals surface area contributed by atoms with E-state index >= 15 is 0 Å². The summed E-state index contributed by atoms with van der Waals surface area (Å²) in [7, 11) is 0. The molecule has 1 atom stereocenters. The van der Waals surface area contributed by atoms with E-state index in [0.717, 1.165) is 25.3 Å². The number of H-pyrrole nitrogens is 1. The van der Waals surface area contributed by atoms with Crippen molar-refractivity contribution in [2.75, 3.05) is 6.54 Å². The van der Waals surface area contributed by atoms with Gasteiger partial charge in [0.2, 0.25) is 0 Å². The van der Waals surface area contributed by atoms with Crippen molar-refractivity contribution in [2.24, 2.45) is 0 Å². The highest BCUT2D eigenvalue weighted by Crippen LogP contribution is 2.23. The fraction of sp³-hybridized carbons (Fsp3) is 0.500. The smallest absolute Gasteiger partial charge is 0.303 e. The fourth-order valence-electron chi connectivity index (χ4n) is 2.68. The number of likely N-dealkylation sites (tertiary alicyclic amines) is 1. The molecule has 1 saturated heterocycles. The van der Waals surface area contributed by atoms with E-state index < -0.39 is 11.5 Å². The van der Waals surface area contributed by atoms with E-state index in [4.69, 9.17) is 5.11 Å². The molecule has 0 radical (unpaired) electrons. The maximum atomic E-state index is 12.5. The first-order chi connectivity index (χ1) is 9.97. The zero-order valence-electron chi connectivity index (χ0n) is 11.5. The Labute approximate surface area is 121 Å². The van der Waals surface area contributed by atoms with Gasteiger partial charge in [0.05, 0.1) is 5.56 Å². The second kappa shape index (κ2) is 6.43. The summed E-state index contributed by atoms with van der Waals surface area (Å²) in [6.45, 7) is 0.538. The zero-order chi connectivity index (χ0) is 15.4. The van der Waals surface area contributed by atoms with Crippen molar-refractivity contribution in [2.45, 2.75) is 38.1 Å². The molecule has 1 fully saturated rings. The lowest BCUT2D eigenvalue weighted by Gasteiger charge is -2.35. The van der Waals surface area contributed by atoms with Gasteiger partial charge in [-0.25, -0.2) is 0 Å². The Morgan fingerprint density at radius 1 is 1.33 bits per heavy atom. The van der Waals surface area contributed by atoms with E-state index in [9.17, 15) is 19.5 Å². The largest absolute Gasteiger partial charge is 0.494 e. The summed E-state index contributed by atoms with van der Waals surface area (Å²) in [5.74, 6) is -1.58. The number of pyridine rings is 1. The molecule has 7 heteroatoms. The van der Waals surface area contributed by atoms with Gasteiger partial charge in [-0.2, -0.15) is 0 Å². The number of carboxylic acids is 1. The number of carboxylic acid groups (broad SMARTS) is 1. The van der Waals surface area contributed by atoms with Crippen LogP contribution in [0.15, 0.2) is 16.9 Å². The SMILES string of the molecule is O=C(O)CCC1CCCCN1C(=O)c1cc(O)[nH]c(=O)c1. The number of aliphatic carboxylic acids is 1. The van der Waals surface area contributed by atoms with Gasteiger partial charge in [0.25, 0.3) is 11.5 Å². The zero-order valence-corrected chi connectivity index (χ0v) is 11.5. The number of aromatic amines is 1. The number of nitrogens with one attached hydrogen (secondary N) is 1. The lowest BCUT2D eigenvalue weighted by atomic mass is 9.97. The van der Waals surface area contributed by atoms with Gasteiger partial charge in [-0.1, -0.05) is 0 Å². The number of rotatable bonds is 4. The average molecular weight is 294 g/mol. The van der Waals surface area contributed by atoms with Gasteiger partial charge in [0.1, 0.15) is 0 Å². The summed E-state index contributed by atoms with van der Waals surface area (Å²) >= 11 is 0. The van der Waals surface area contributed by atoms with Crippen molar-refractivity contribution in [3.05, 3.63) is 28.0 Å². The Hall–Kier alpha value is -2.31. The number of carbonyl (C=O) groups is 2. The summed E-state index contributed by atoms with van der Waals surface area (Å²) in [6, 6.07) is 2.22. The Balaban J connectivity index is 2.17. The van der Waals surface area contributed by atoms with Crippen molar-refractivity contribution < 1.29 is 19.8 Å². The second-order valence-corrected chi connectivity index (χ2v) is 5.20. The van der Waals surface area contributed by atoms with Crippen LogP contribution in [0.2, 0.25) is 0 Å². The second-order valence-electron chi connectivity index (χ2n) is 5.20.